The molecular weight excluding hydrogens is 299 g/mol. The molecule has 0 heterocycles. The van der Waals surface area contributed by atoms with E-state index in [2.05, 4.69) is 10.6 Å². The summed E-state index contributed by atoms with van der Waals surface area (Å²) in [5.74, 6) is 0.315. The van der Waals surface area contributed by atoms with E-state index in [0.717, 1.165) is 0 Å². The second-order valence-electron chi connectivity index (χ2n) is 5.11. The van der Waals surface area contributed by atoms with E-state index in [4.69, 9.17) is 4.74 Å². The molecule has 2 amide bonds. The van der Waals surface area contributed by atoms with Gasteiger partial charge in [0.05, 0.1) is 19.3 Å². The molecule has 3 N–H and O–H groups in total. The zero-order valence-electron chi connectivity index (χ0n) is 12.9. The fourth-order valence-corrected chi connectivity index (χ4v) is 2.08. The van der Waals surface area contributed by atoms with Crippen molar-refractivity contribution in [2.45, 2.75) is 19.1 Å². The van der Waals surface area contributed by atoms with Crippen LogP contribution in [0, 0.1) is 5.82 Å². The van der Waals surface area contributed by atoms with Crippen molar-refractivity contribution in [1.29, 1.82) is 0 Å². The SMILES string of the molecule is COc1ccc(C(O)C(C)NC(=O)Nc2ccc(F)cc2)cc1. The van der Waals surface area contributed by atoms with Crippen LogP contribution in [0.2, 0.25) is 0 Å². The van der Waals surface area contributed by atoms with Crippen molar-refractivity contribution in [1.82, 2.24) is 5.32 Å². The van der Waals surface area contributed by atoms with Crippen molar-refractivity contribution < 1.29 is 19.0 Å². The Morgan fingerprint density at radius 2 is 1.74 bits per heavy atom. The number of carbonyl (C=O) groups excluding carboxylic acids is 1. The number of amides is 2. The second kappa shape index (κ2) is 7.60. The highest BCUT2D eigenvalue weighted by molar-refractivity contribution is 5.89. The van der Waals surface area contributed by atoms with Gasteiger partial charge in [0, 0.05) is 5.69 Å². The Bertz CT molecular complexity index is 644. The van der Waals surface area contributed by atoms with Crippen LogP contribution in [-0.2, 0) is 0 Å². The van der Waals surface area contributed by atoms with Crippen LogP contribution in [0.15, 0.2) is 48.5 Å². The van der Waals surface area contributed by atoms with Gasteiger partial charge in [0.15, 0.2) is 0 Å². The summed E-state index contributed by atoms with van der Waals surface area (Å²) >= 11 is 0. The number of rotatable bonds is 5. The molecule has 0 aliphatic rings. The van der Waals surface area contributed by atoms with Crippen molar-refractivity contribution in [3.63, 3.8) is 0 Å². The molecule has 23 heavy (non-hydrogen) atoms. The number of aliphatic hydroxyl groups is 1. The van der Waals surface area contributed by atoms with Crippen LogP contribution in [0.1, 0.15) is 18.6 Å². The van der Waals surface area contributed by atoms with Crippen LogP contribution < -0.4 is 15.4 Å². The number of nitrogens with one attached hydrogen (secondary N) is 2. The maximum absolute atomic E-state index is 12.8. The monoisotopic (exact) mass is 318 g/mol. The molecule has 0 fully saturated rings. The highest BCUT2D eigenvalue weighted by atomic mass is 19.1. The normalized spacial score (nSPS) is 13.0. The van der Waals surface area contributed by atoms with Crippen LogP contribution in [-0.4, -0.2) is 24.3 Å². The fraction of sp³-hybridized carbons (Fsp3) is 0.235. The number of urea groups is 1. The molecule has 0 saturated heterocycles. The van der Waals surface area contributed by atoms with Crippen molar-refractivity contribution in [3.8, 4) is 5.75 Å². The first kappa shape index (κ1) is 16.8. The summed E-state index contributed by atoms with van der Waals surface area (Å²) in [6.45, 7) is 1.69. The lowest BCUT2D eigenvalue weighted by molar-refractivity contribution is 0.139. The van der Waals surface area contributed by atoms with E-state index in [0.29, 0.717) is 17.0 Å². The molecule has 5 nitrogen and oxygen atoms in total. The third-order valence-corrected chi connectivity index (χ3v) is 3.39. The summed E-state index contributed by atoms with van der Waals surface area (Å²) in [7, 11) is 1.56. The van der Waals surface area contributed by atoms with E-state index < -0.39 is 18.2 Å². The Balaban J connectivity index is 1.92. The van der Waals surface area contributed by atoms with Gasteiger partial charge in [-0.1, -0.05) is 12.1 Å². The quantitative estimate of drug-likeness (QED) is 0.793. The standard InChI is InChI=1S/C17H19FN2O3/c1-11(16(21)12-3-9-15(23-2)10-4-12)19-17(22)20-14-7-5-13(18)6-8-14/h3-11,16,21H,1-2H3,(H2,19,20,22). The Morgan fingerprint density at radius 1 is 1.13 bits per heavy atom. The average molecular weight is 318 g/mol. The van der Waals surface area contributed by atoms with Gasteiger partial charge in [0.25, 0.3) is 0 Å². The van der Waals surface area contributed by atoms with E-state index in [1.165, 1.54) is 24.3 Å². The lowest BCUT2D eigenvalue weighted by Crippen LogP contribution is -2.39. The van der Waals surface area contributed by atoms with Crippen LogP contribution >= 0.6 is 0 Å². The van der Waals surface area contributed by atoms with Crippen LogP contribution in [0.3, 0.4) is 0 Å². The van der Waals surface area contributed by atoms with Gasteiger partial charge in [0.2, 0.25) is 0 Å². The molecule has 0 radical (unpaired) electrons. The Morgan fingerprint density at radius 3 is 2.30 bits per heavy atom. The third-order valence-electron chi connectivity index (χ3n) is 3.39. The molecule has 2 unspecified atom stereocenters. The number of aliphatic hydroxyl groups excluding tert-OH is 1. The summed E-state index contributed by atoms with van der Waals surface area (Å²) in [5, 5.41) is 15.5. The van der Waals surface area contributed by atoms with Crippen molar-refractivity contribution in [2.75, 3.05) is 12.4 Å². The molecule has 0 bridgehead atoms. The predicted octanol–water partition coefficient (Wildman–Crippen LogP) is 3.08. The zero-order chi connectivity index (χ0) is 16.8. The first-order chi connectivity index (χ1) is 11.0. The van der Waals surface area contributed by atoms with Crippen molar-refractivity contribution >= 4 is 11.7 Å². The van der Waals surface area contributed by atoms with Crippen LogP contribution in [0.5, 0.6) is 5.75 Å². The fourth-order valence-electron chi connectivity index (χ4n) is 2.08. The minimum absolute atomic E-state index is 0.376. The number of anilines is 1. The Labute approximate surface area is 134 Å². The molecule has 0 spiro atoms. The molecule has 0 aliphatic heterocycles. The van der Waals surface area contributed by atoms with E-state index in [-0.39, 0.29) is 5.82 Å². The molecule has 2 atom stereocenters. The van der Waals surface area contributed by atoms with Gasteiger partial charge < -0.3 is 20.5 Å². The van der Waals surface area contributed by atoms with Gasteiger partial charge in [-0.05, 0) is 48.9 Å². The summed E-state index contributed by atoms with van der Waals surface area (Å²) in [5.41, 5.74) is 1.13. The lowest BCUT2D eigenvalue weighted by atomic mass is 10.0. The summed E-state index contributed by atoms with van der Waals surface area (Å²) < 4.78 is 17.9. The smallest absolute Gasteiger partial charge is 0.319 e. The molecule has 0 aromatic heterocycles. The summed E-state index contributed by atoms with van der Waals surface area (Å²) in [6.07, 6.45) is -0.861. The first-order valence-corrected chi connectivity index (χ1v) is 7.14. The summed E-state index contributed by atoms with van der Waals surface area (Å²) in [6, 6.07) is 11.4. The molecule has 2 aromatic rings. The number of methoxy groups -OCH3 is 1. The molecule has 0 saturated carbocycles. The topological polar surface area (TPSA) is 70.6 Å². The zero-order valence-corrected chi connectivity index (χ0v) is 12.9. The number of hydrogen-bond donors (Lipinski definition) is 3. The van der Waals surface area contributed by atoms with E-state index in [9.17, 15) is 14.3 Å². The van der Waals surface area contributed by atoms with Gasteiger partial charge in [-0.3, -0.25) is 0 Å². The van der Waals surface area contributed by atoms with Crippen molar-refractivity contribution in [3.05, 3.63) is 59.9 Å². The predicted molar refractivity (Wildman–Crippen MR) is 86.0 cm³/mol. The van der Waals surface area contributed by atoms with Gasteiger partial charge in [0.1, 0.15) is 11.6 Å². The highest BCUT2D eigenvalue weighted by Crippen LogP contribution is 2.20. The average Bonchev–Trinajstić information content (AvgIpc) is 2.56. The lowest BCUT2D eigenvalue weighted by Gasteiger charge is -2.21. The van der Waals surface area contributed by atoms with Crippen molar-refractivity contribution in [2.24, 2.45) is 0 Å². The molecular formula is C17H19FN2O3. The molecule has 0 aliphatic carbocycles. The number of ether oxygens (including phenoxy) is 1. The third kappa shape index (κ3) is 4.69. The number of benzene rings is 2. The van der Waals surface area contributed by atoms with Gasteiger partial charge >= 0.3 is 6.03 Å². The first-order valence-electron chi connectivity index (χ1n) is 7.14. The van der Waals surface area contributed by atoms with E-state index in [1.54, 1.807) is 38.3 Å². The molecule has 2 aromatic carbocycles. The maximum Gasteiger partial charge on any atom is 0.319 e. The highest BCUT2D eigenvalue weighted by Gasteiger charge is 2.18. The number of hydrogen-bond acceptors (Lipinski definition) is 3. The summed E-state index contributed by atoms with van der Waals surface area (Å²) in [4.78, 5) is 11.9. The molecule has 122 valence electrons. The second-order valence-corrected chi connectivity index (χ2v) is 5.11. The molecule has 2 rings (SSSR count). The van der Waals surface area contributed by atoms with Gasteiger partial charge in [-0.25, -0.2) is 9.18 Å². The Hall–Kier alpha value is -2.60. The minimum atomic E-state index is -0.861. The van der Waals surface area contributed by atoms with E-state index in [1.807, 2.05) is 0 Å². The molecule has 6 heteroatoms. The van der Waals surface area contributed by atoms with Crippen LogP contribution in [0.4, 0.5) is 14.9 Å². The van der Waals surface area contributed by atoms with Crippen LogP contribution in [0.25, 0.3) is 0 Å². The van der Waals surface area contributed by atoms with Gasteiger partial charge in [-0.15, -0.1) is 0 Å². The van der Waals surface area contributed by atoms with Gasteiger partial charge in [-0.2, -0.15) is 0 Å². The number of carbonyl (C=O) groups is 1. The maximum atomic E-state index is 12.8. The minimum Gasteiger partial charge on any atom is -0.497 e. The Kier molecular flexibility index (Phi) is 5.54. The number of halogens is 1. The largest absolute Gasteiger partial charge is 0.497 e. The van der Waals surface area contributed by atoms with E-state index >= 15 is 0 Å².